The summed E-state index contributed by atoms with van der Waals surface area (Å²) in [4.78, 5) is 8.92. The molecule has 0 radical (unpaired) electrons. The lowest BCUT2D eigenvalue weighted by Gasteiger charge is -2.07. The molecule has 0 amide bonds. The van der Waals surface area contributed by atoms with Crippen LogP contribution in [0.5, 0.6) is 0 Å². The molecule has 0 saturated carbocycles. The van der Waals surface area contributed by atoms with Gasteiger partial charge >= 0.3 is 0 Å². The molecule has 90 valence electrons. The number of aromatic nitrogens is 4. The smallest absolute Gasteiger partial charge is 0.252 e. The fourth-order valence-corrected chi connectivity index (χ4v) is 2.30. The van der Waals surface area contributed by atoms with E-state index in [9.17, 15) is 0 Å². The molecular weight excluding hydrogens is 228 g/mol. The Labute approximate surface area is 104 Å². The van der Waals surface area contributed by atoms with Crippen molar-refractivity contribution in [1.82, 2.24) is 19.7 Å². The molecule has 2 heterocycles. The topological polar surface area (TPSA) is 93.4 Å². The largest absolute Gasteiger partial charge is 0.382 e. The minimum absolute atomic E-state index is 0.287. The summed E-state index contributed by atoms with van der Waals surface area (Å²) in [5.41, 5.74) is 9.47. The second kappa shape index (κ2) is 3.81. The Bertz CT molecular complexity index is 664. The van der Waals surface area contributed by atoms with E-state index in [-0.39, 0.29) is 5.82 Å². The average Bonchev–Trinajstić information content (AvgIpc) is 2.95. The highest BCUT2D eigenvalue weighted by atomic mass is 15.4. The quantitative estimate of drug-likeness (QED) is 0.799. The van der Waals surface area contributed by atoms with Crippen molar-refractivity contribution in [2.24, 2.45) is 0 Å². The molecule has 0 bridgehead atoms. The van der Waals surface area contributed by atoms with Crippen LogP contribution < -0.4 is 5.73 Å². The van der Waals surface area contributed by atoms with Gasteiger partial charge in [0.05, 0.1) is 6.20 Å². The zero-order valence-corrected chi connectivity index (χ0v) is 10.0. The van der Waals surface area contributed by atoms with Gasteiger partial charge in [0.2, 0.25) is 0 Å². The number of nitrogen functional groups attached to an aromatic ring is 1. The maximum atomic E-state index is 8.86. The molecule has 1 aliphatic carbocycles. The van der Waals surface area contributed by atoms with Gasteiger partial charge in [-0.3, -0.25) is 0 Å². The van der Waals surface area contributed by atoms with E-state index in [1.807, 2.05) is 13.0 Å². The average molecular weight is 240 g/mol. The van der Waals surface area contributed by atoms with E-state index in [1.165, 1.54) is 16.4 Å². The summed E-state index contributed by atoms with van der Waals surface area (Å²) in [6, 6.07) is 1.99. The lowest BCUT2D eigenvalue weighted by molar-refractivity contribution is 0.795. The number of hydrogen-bond acceptors (Lipinski definition) is 5. The Hall–Kier alpha value is -2.42. The molecule has 0 aliphatic heterocycles. The van der Waals surface area contributed by atoms with Crippen LogP contribution in [0.25, 0.3) is 5.95 Å². The van der Waals surface area contributed by atoms with Crippen LogP contribution in [0.3, 0.4) is 0 Å². The Morgan fingerprint density at radius 2 is 2.22 bits per heavy atom. The summed E-state index contributed by atoms with van der Waals surface area (Å²) in [6.45, 7) is 1.97. The summed E-state index contributed by atoms with van der Waals surface area (Å²) < 4.78 is 1.42. The van der Waals surface area contributed by atoms with Gasteiger partial charge in [-0.2, -0.15) is 15.0 Å². The highest BCUT2D eigenvalue weighted by molar-refractivity contribution is 5.50. The first-order chi connectivity index (χ1) is 8.70. The predicted octanol–water partition coefficient (Wildman–Crippen LogP) is 0.913. The molecule has 0 unspecified atom stereocenters. The van der Waals surface area contributed by atoms with E-state index in [0.717, 1.165) is 30.7 Å². The van der Waals surface area contributed by atoms with Gasteiger partial charge in [-0.25, -0.2) is 9.97 Å². The third-order valence-electron chi connectivity index (χ3n) is 3.24. The second-order valence-corrected chi connectivity index (χ2v) is 4.35. The second-order valence-electron chi connectivity index (χ2n) is 4.35. The van der Waals surface area contributed by atoms with Crippen molar-refractivity contribution in [2.75, 3.05) is 5.73 Å². The monoisotopic (exact) mass is 240 g/mol. The van der Waals surface area contributed by atoms with Crippen molar-refractivity contribution in [3.63, 3.8) is 0 Å². The summed E-state index contributed by atoms with van der Waals surface area (Å²) in [6.07, 6.45) is 4.56. The molecule has 2 aromatic rings. The number of nitrogens with two attached hydrogens (primary N) is 1. The zero-order valence-electron chi connectivity index (χ0n) is 10.0. The fraction of sp³-hybridized carbons (Fsp3) is 0.333. The van der Waals surface area contributed by atoms with Crippen molar-refractivity contribution in [3.8, 4) is 12.0 Å². The van der Waals surface area contributed by atoms with Gasteiger partial charge in [0, 0.05) is 11.4 Å². The maximum absolute atomic E-state index is 8.86. The Morgan fingerprint density at radius 1 is 1.39 bits per heavy atom. The minimum atomic E-state index is 0.287. The first-order valence-corrected chi connectivity index (χ1v) is 5.81. The van der Waals surface area contributed by atoms with Crippen LogP contribution in [0, 0.1) is 18.3 Å². The molecule has 6 nitrogen and oxygen atoms in total. The van der Waals surface area contributed by atoms with E-state index in [4.69, 9.17) is 11.0 Å². The highest BCUT2D eigenvalue weighted by Gasteiger charge is 2.19. The van der Waals surface area contributed by atoms with Crippen LogP contribution in [0.4, 0.5) is 5.82 Å². The molecule has 0 spiro atoms. The van der Waals surface area contributed by atoms with E-state index < -0.39 is 0 Å². The molecule has 1 aliphatic rings. The van der Waals surface area contributed by atoms with E-state index in [0.29, 0.717) is 11.5 Å². The molecule has 0 aromatic carbocycles. The van der Waals surface area contributed by atoms with Crippen molar-refractivity contribution in [2.45, 2.75) is 26.2 Å². The fourth-order valence-electron chi connectivity index (χ4n) is 2.30. The molecule has 2 N–H and O–H groups in total. The summed E-state index contributed by atoms with van der Waals surface area (Å²) in [5.74, 6) is 0.738. The van der Waals surface area contributed by atoms with Gasteiger partial charge < -0.3 is 5.73 Å². The van der Waals surface area contributed by atoms with Crippen LogP contribution in [0.2, 0.25) is 0 Å². The van der Waals surface area contributed by atoms with Crippen molar-refractivity contribution < 1.29 is 0 Å². The van der Waals surface area contributed by atoms with Crippen LogP contribution in [-0.2, 0) is 12.8 Å². The SMILES string of the molecule is Cc1nc(-n2ncc(C#N)c2N)nc2c1CCC2. The lowest BCUT2D eigenvalue weighted by Crippen LogP contribution is -2.10. The minimum Gasteiger partial charge on any atom is -0.382 e. The number of fused-ring (bicyclic) bond motifs is 1. The predicted molar refractivity (Wildman–Crippen MR) is 65.0 cm³/mol. The normalized spacial score (nSPS) is 13.3. The molecule has 2 aromatic heterocycles. The molecule has 0 atom stereocenters. The standard InChI is InChI=1S/C12H12N6/c1-7-9-3-2-4-10(9)17-12(16-7)18-11(14)8(5-13)6-15-18/h6H,2-4,14H2,1H3. The van der Waals surface area contributed by atoms with Crippen LogP contribution in [0.1, 0.15) is 28.9 Å². The van der Waals surface area contributed by atoms with E-state index in [2.05, 4.69) is 15.1 Å². The van der Waals surface area contributed by atoms with Crippen LogP contribution >= 0.6 is 0 Å². The zero-order chi connectivity index (χ0) is 12.7. The molecule has 0 saturated heterocycles. The van der Waals surface area contributed by atoms with Gasteiger partial charge in [0.25, 0.3) is 5.95 Å². The number of nitrogens with zero attached hydrogens (tertiary/aromatic N) is 5. The van der Waals surface area contributed by atoms with Crippen LogP contribution in [-0.4, -0.2) is 19.7 Å². The van der Waals surface area contributed by atoms with E-state index >= 15 is 0 Å². The highest BCUT2D eigenvalue weighted by Crippen LogP contribution is 2.24. The number of anilines is 1. The van der Waals surface area contributed by atoms with Gasteiger partial charge in [0.15, 0.2) is 0 Å². The van der Waals surface area contributed by atoms with Gasteiger partial charge in [-0.05, 0) is 31.7 Å². The van der Waals surface area contributed by atoms with Crippen molar-refractivity contribution >= 4 is 5.82 Å². The Morgan fingerprint density at radius 3 is 2.94 bits per heavy atom. The Balaban J connectivity index is 2.16. The van der Waals surface area contributed by atoms with Gasteiger partial charge in [0.1, 0.15) is 17.5 Å². The summed E-state index contributed by atoms with van der Waals surface area (Å²) in [5, 5.41) is 12.9. The van der Waals surface area contributed by atoms with Gasteiger partial charge in [-0.1, -0.05) is 0 Å². The van der Waals surface area contributed by atoms with Gasteiger partial charge in [-0.15, -0.1) is 0 Å². The third kappa shape index (κ3) is 1.44. The maximum Gasteiger partial charge on any atom is 0.252 e. The van der Waals surface area contributed by atoms with Crippen LogP contribution in [0.15, 0.2) is 6.20 Å². The molecule has 0 fully saturated rings. The molecule has 18 heavy (non-hydrogen) atoms. The first-order valence-electron chi connectivity index (χ1n) is 5.81. The number of nitriles is 1. The summed E-state index contributed by atoms with van der Waals surface area (Å²) in [7, 11) is 0. The number of rotatable bonds is 1. The summed E-state index contributed by atoms with van der Waals surface area (Å²) >= 11 is 0. The first kappa shape index (κ1) is 10.7. The Kier molecular flexibility index (Phi) is 2.27. The van der Waals surface area contributed by atoms with Crippen molar-refractivity contribution in [3.05, 3.63) is 28.7 Å². The van der Waals surface area contributed by atoms with Crippen molar-refractivity contribution in [1.29, 1.82) is 5.26 Å². The number of aryl methyl sites for hydroxylation is 2. The molecule has 6 heteroatoms. The molecular formula is C12H12N6. The lowest BCUT2D eigenvalue weighted by atomic mass is 10.2. The third-order valence-corrected chi connectivity index (χ3v) is 3.24. The van der Waals surface area contributed by atoms with E-state index in [1.54, 1.807) is 0 Å². The number of hydrogen-bond donors (Lipinski definition) is 1. The molecule has 3 rings (SSSR count).